The minimum Gasteiger partial charge on any atom is -0.483 e. The van der Waals surface area contributed by atoms with Crippen LogP contribution in [-0.4, -0.2) is 11.6 Å². The molecule has 3 heteroatoms. The van der Waals surface area contributed by atoms with Gasteiger partial charge in [0.05, 0.1) is 0 Å². The number of benzene rings is 1. The molecule has 1 aliphatic heterocycles. The summed E-state index contributed by atoms with van der Waals surface area (Å²) in [6.07, 6.45) is 3.96. The van der Waals surface area contributed by atoms with Crippen molar-refractivity contribution in [3.8, 4) is 11.5 Å². The third-order valence-electron chi connectivity index (χ3n) is 2.28. The fourth-order valence-electron chi connectivity index (χ4n) is 1.59. The van der Waals surface area contributed by atoms with Gasteiger partial charge >= 0.3 is 5.97 Å². The fraction of sp³-hybridized carbons (Fsp3) is 0.308. The second kappa shape index (κ2) is 3.67. The van der Waals surface area contributed by atoms with Crippen molar-refractivity contribution < 1.29 is 14.3 Å². The maximum atomic E-state index is 10.8. The number of esters is 1. The molecule has 0 bridgehead atoms. The van der Waals surface area contributed by atoms with Gasteiger partial charge in [-0.1, -0.05) is 6.08 Å². The molecule has 0 N–H and O–H groups in total. The molecule has 0 unspecified atom stereocenters. The molecule has 2 rings (SSSR count). The molecular formula is C13H14O3. The van der Waals surface area contributed by atoms with Gasteiger partial charge in [-0.15, -0.1) is 0 Å². The number of fused-ring (bicyclic) bond motifs is 1. The van der Waals surface area contributed by atoms with Crippen molar-refractivity contribution in [1.82, 2.24) is 0 Å². The number of ether oxygens (including phenoxy) is 2. The van der Waals surface area contributed by atoms with E-state index in [-0.39, 0.29) is 11.6 Å². The molecule has 0 saturated heterocycles. The molecule has 0 saturated carbocycles. The van der Waals surface area contributed by atoms with E-state index >= 15 is 0 Å². The SMILES string of the molecule is CC(=O)Oc1ccc2c(c1)C=CC(C)(C)O2. The molecular weight excluding hydrogens is 204 g/mol. The monoisotopic (exact) mass is 218 g/mol. The summed E-state index contributed by atoms with van der Waals surface area (Å²) in [6.45, 7) is 5.37. The zero-order chi connectivity index (χ0) is 11.8. The van der Waals surface area contributed by atoms with Crippen molar-refractivity contribution in [2.45, 2.75) is 26.4 Å². The summed E-state index contributed by atoms with van der Waals surface area (Å²) >= 11 is 0. The van der Waals surface area contributed by atoms with E-state index in [2.05, 4.69) is 0 Å². The van der Waals surface area contributed by atoms with E-state index in [1.54, 1.807) is 12.1 Å². The van der Waals surface area contributed by atoms with Crippen LogP contribution in [0.2, 0.25) is 0 Å². The first-order chi connectivity index (χ1) is 7.46. The van der Waals surface area contributed by atoms with E-state index in [1.165, 1.54) is 6.92 Å². The minimum absolute atomic E-state index is 0.282. The van der Waals surface area contributed by atoms with Crippen molar-refractivity contribution in [2.75, 3.05) is 0 Å². The molecule has 0 aromatic heterocycles. The lowest BCUT2D eigenvalue weighted by Crippen LogP contribution is -2.27. The fourth-order valence-corrected chi connectivity index (χ4v) is 1.59. The van der Waals surface area contributed by atoms with Crippen molar-refractivity contribution in [3.05, 3.63) is 29.8 Å². The molecule has 0 amide bonds. The van der Waals surface area contributed by atoms with Gasteiger partial charge in [-0.05, 0) is 38.1 Å². The summed E-state index contributed by atoms with van der Waals surface area (Å²) in [5.41, 5.74) is 0.647. The Kier molecular flexibility index (Phi) is 2.46. The highest BCUT2D eigenvalue weighted by Crippen LogP contribution is 2.33. The summed E-state index contributed by atoms with van der Waals surface area (Å²) in [4.78, 5) is 10.8. The zero-order valence-corrected chi connectivity index (χ0v) is 9.61. The number of rotatable bonds is 1. The second-order valence-electron chi connectivity index (χ2n) is 4.33. The van der Waals surface area contributed by atoms with Gasteiger partial charge in [0.25, 0.3) is 0 Å². The average Bonchev–Trinajstić information content (AvgIpc) is 2.16. The molecule has 0 radical (unpaired) electrons. The maximum absolute atomic E-state index is 10.8. The molecule has 84 valence electrons. The van der Waals surface area contributed by atoms with Crippen molar-refractivity contribution in [2.24, 2.45) is 0 Å². The van der Waals surface area contributed by atoms with Gasteiger partial charge in [-0.3, -0.25) is 4.79 Å². The Morgan fingerprint density at radius 3 is 2.81 bits per heavy atom. The highest BCUT2D eigenvalue weighted by Gasteiger charge is 2.21. The zero-order valence-electron chi connectivity index (χ0n) is 9.61. The Morgan fingerprint density at radius 2 is 2.12 bits per heavy atom. The van der Waals surface area contributed by atoms with Gasteiger partial charge in [0.1, 0.15) is 17.1 Å². The van der Waals surface area contributed by atoms with Crippen LogP contribution in [0, 0.1) is 0 Å². The first kappa shape index (κ1) is 10.7. The molecule has 1 aromatic carbocycles. The first-order valence-corrected chi connectivity index (χ1v) is 5.17. The Balaban J connectivity index is 2.31. The third-order valence-corrected chi connectivity index (χ3v) is 2.28. The highest BCUT2D eigenvalue weighted by atomic mass is 16.5. The first-order valence-electron chi connectivity index (χ1n) is 5.17. The number of carbonyl (C=O) groups is 1. The van der Waals surface area contributed by atoms with Gasteiger partial charge in [-0.25, -0.2) is 0 Å². The molecule has 1 aliphatic rings. The normalized spacial score (nSPS) is 16.2. The quantitative estimate of drug-likeness (QED) is 0.537. The average molecular weight is 218 g/mol. The molecule has 0 aliphatic carbocycles. The van der Waals surface area contributed by atoms with E-state index in [0.717, 1.165) is 11.3 Å². The Labute approximate surface area is 94.7 Å². The predicted molar refractivity (Wildman–Crippen MR) is 61.5 cm³/mol. The number of hydrogen-bond donors (Lipinski definition) is 0. The second-order valence-corrected chi connectivity index (χ2v) is 4.33. The smallest absolute Gasteiger partial charge is 0.308 e. The lowest BCUT2D eigenvalue weighted by atomic mass is 10.0. The van der Waals surface area contributed by atoms with Crippen LogP contribution in [0.5, 0.6) is 11.5 Å². The van der Waals surface area contributed by atoms with Crippen LogP contribution in [0.4, 0.5) is 0 Å². The van der Waals surface area contributed by atoms with Crippen molar-refractivity contribution in [3.63, 3.8) is 0 Å². The molecule has 3 nitrogen and oxygen atoms in total. The molecule has 0 fully saturated rings. The van der Waals surface area contributed by atoms with Gasteiger partial charge in [0, 0.05) is 12.5 Å². The Morgan fingerprint density at radius 1 is 1.38 bits per heavy atom. The topological polar surface area (TPSA) is 35.5 Å². The largest absolute Gasteiger partial charge is 0.483 e. The molecule has 1 aromatic rings. The van der Waals surface area contributed by atoms with Gasteiger partial charge in [0.15, 0.2) is 0 Å². The Bertz CT molecular complexity index is 458. The van der Waals surface area contributed by atoms with Crippen LogP contribution in [0.15, 0.2) is 24.3 Å². The van der Waals surface area contributed by atoms with Crippen LogP contribution in [0.3, 0.4) is 0 Å². The highest BCUT2D eigenvalue weighted by molar-refractivity contribution is 5.70. The summed E-state index contributed by atoms with van der Waals surface area (Å²) < 4.78 is 10.8. The number of carbonyl (C=O) groups excluding carboxylic acids is 1. The van der Waals surface area contributed by atoms with Crippen LogP contribution >= 0.6 is 0 Å². The van der Waals surface area contributed by atoms with Crippen molar-refractivity contribution >= 4 is 12.0 Å². The van der Waals surface area contributed by atoms with E-state index in [1.807, 2.05) is 32.1 Å². The summed E-state index contributed by atoms with van der Waals surface area (Å²) in [7, 11) is 0. The molecule has 0 spiro atoms. The van der Waals surface area contributed by atoms with Crippen LogP contribution in [0.25, 0.3) is 6.08 Å². The van der Waals surface area contributed by atoms with Gasteiger partial charge < -0.3 is 9.47 Å². The van der Waals surface area contributed by atoms with Crippen LogP contribution in [0.1, 0.15) is 26.3 Å². The van der Waals surface area contributed by atoms with Gasteiger partial charge in [-0.2, -0.15) is 0 Å². The van der Waals surface area contributed by atoms with E-state index in [9.17, 15) is 4.79 Å². The van der Waals surface area contributed by atoms with E-state index in [4.69, 9.17) is 9.47 Å². The summed E-state index contributed by atoms with van der Waals surface area (Å²) in [5.74, 6) is 1.03. The van der Waals surface area contributed by atoms with E-state index in [0.29, 0.717) is 5.75 Å². The third kappa shape index (κ3) is 2.24. The lowest BCUT2D eigenvalue weighted by Gasteiger charge is -2.27. The number of hydrogen-bond acceptors (Lipinski definition) is 3. The maximum Gasteiger partial charge on any atom is 0.308 e. The minimum atomic E-state index is -0.319. The summed E-state index contributed by atoms with van der Waals surface area (Å²) in [6, 6.07) is 5.34. The molecule has 0 atom stereocenters. The summed E-state index contributed by atoms with van der Waals surface area (Å²) in [5, 5.41) is 0. The Hall–Kier alpha value is -1.77. The standard InChI is InChI=1S/C13H14O3/c1-9(14)15-11-4-5-12-10(8-11)6-7-13(2,3)16-12/h4-8H,1-3H3. The molecule has 1 heterocycles. The molecule has 16 heavy (non-hydrogen) atoms. The predicted octanol–water partition coefficient (Wildman–Crippen LogP) is 2.80. The van der Waals surface area contributed by atoms with Gasteiger partial charge in [0.2, 0.25) is 0 Å². The van der Waals surface area contributed by atoms with E-state index < -0.39 is 0 Å². The van der Waals surface area contributed by atoms with Crippen LogP contribution in [-0.2, 0) is 4.79 Å². The lowest BCUT2D eigenvalue weighted by molar-refractivity contribution is -0.131. The van der Waals surface area contributed by atoms with Crippen LogP contribution < -0.4 is 9.47 Å². The van der Waals surface area contributed by atoms with Crippen molar-refractivity contribution in [1.29, 1.82) is 0 Å².